The second-order valence-electron chi connectivity index (χ2n) is 3.66. The molecule has 82 valence electrons. The molecular formula is C12H14N4. The summed E-state index contributed by atoms with van der Waals surface area (Å²) in [5.41, 5.74) is 15.1. The fraction of sp³-hybridized carbons (Fsp3) is 0.167. The monoisotopic (exact) mass is 214 g/mol. The first kappa shape index (κ1) is 10.4. The Morgan fingerprint density at radius 3 is 2.62 bits per heavy atom. The molecule has 0 aliphatic heterocycles. The molecular weight excluding hydrogens is 200 g/mol. The molecule has 0 aliphatic carbocycles. The Morgan fingerprint density at radius 2 is 1.94 bits per heavy atom. The molecule has 1 aromatic heterocycles. The predicted molar refractivity (Wildman–Crippen MR) is 64.7 cm³/mol. The van der Waals surface area contributed by atoms with Crippen LogP contribution in [0.5, 0.6) is 0 Å². The van der Waals surface area contributed by atoms with Gasteiger partial charge >= 0.3 is 0 Å². The summed E-state index contributed by atoms with van der Waals surface area (Å²) in [4.78, 5) is 8.04. The van der Waals surface area contributed by atoms with E-state index in [9.17, 15) is 0 Å². The molecule has 1 aromatic carbocycles. The number of nitrogens with two attached hydrogens (primary N) is 2. The zero-order valence-electron chi connectivity index (χ0n) is 8.93. The van der Waals surface area contributed by atoms with Crippen LogP contribution < -0.4 is 11.5 Å². The molecule has 0 saturated carbocycles. The molecule has 1 heterocycles. The van der Waals surface area contributed by atoms with Crippen molar-refractivity contribution in [2.24, 2.45) is 0 Å². The molecule has 0 bridgehead atoms. The minimum absolute atomic E-state index is 0.697. The molecule has 4 heteroatoms. The van der Waals surface area contributed by atoms with Crippen molar-refractivity contribution >= 4 is 11.4 Å². The van der Waals surface area contributed by atoms with Gasteiger partial charge in [0.1, 0.15) is 6.33 Å². The van der Waals surface area contributed by atoms with Gasteiger partial charge < -0.3 is 11.5 Å². The lowest BCUT2D eigenvalue weighted by Crippen LogP contribution is -1.99. The van der Waals surface area contributed by atoms with Crippen LogP contribution in [0.3, 0.4) is 0 Å². The Balaban J connectivity index is 2.05. The predicted octanol–water partition coefficient (Wildman–Crippen LogP) is 1.43. The second kappa shape index (κ2) is 4.61. The van der Waals surface area contributed by atoms with Crippen molar-refractivity contribution in [3.8, 4) is 0 Å². The first-order valence-corrected chi connectivity index (χ1v) is 5.14. The van der Waals surface area contributed by atoms with Gasteiger partial charge in [-0.3, -0.25) is 0 Å². The summed E-state index contributed by atoms with van der Waals surface area (Å²) in [6.45, 7) is 0. The SMILES string of the molecule is Nc1ccc(CCc2ccncn2)c(N)c1. The molecule has 16 heavy (non-hydrogen) atoms. The van der Waals surface area contributed by atoms with Crippen LogP contribution in [0.1, 0.15) is 11.3 Å². The number of hydrogen-bond acceptors (Lipinski definition) is 4. The van der Waals surface area contributed by atoms with E-state index in [1.807, 2.05) is 18.2 Å². The number of aryl methyl sites for hydroxylation is 2. The van der Waals surface area contributed by atoms with Gasteiger partial charge in [-0.25, -0.2) is 9.97 Å². The van der Waals surface area contributed by atoms with E-state index in [0.29, 0.717) is 5.69 Å². The van der Waals surface area contributed by atoms with Gasteiger partial charge in [-0.15, -0.1) is 0 Å². The van der Waals surface area contributed by atoms with Crippen molar-refractivity contribution in [1.29, 1.82) is 0 Å². The first-order chi connectivity index (χ1) is 7.75. The number of nitrogens with zero attached hydrogens (tertiary/aromatic N) is 2. The fourth-order valence-corrected chi connectivity index (χ4v) is 1.57. The standard InChI is InChI=1S/C12H14N4/c13-10-3-1-9(12(14)7-10)2-4-11-5-6-15-8-16-11/h1,3,5-8H,2,4,13-14H2. The van der Waals surface area contributed by atoms with Crippen LogP contribution in [0.25, 0.3) is 0 Å². The number of rotatable bonds is 3. The molecule has 0 atom stereocenters. The molecule has 2 rings (SSSR count). The van der Waals surface area contributed by atoms with Crippen molar-refractivity contribution in [3.63, 3.8) is 0 Å². The van der Waals surface area contributed by atoms with Crippen LogP contribution in [-0.2, 0) is 12.8 Å². The highest BCUT2D eigenvalue weighted by atomic mass is 14.8. The molecule has 0 unspecified atom stereocenters. The van der Waals surface area contributed by atoms with Crippen molar-refractivity contribution < 1.29 is 0 Å². The lowest BCUT2D eigenvalue weighted by atomic mass is 10.1. The van der Waals surface area contributed by atoms with Crippen LogP contribution in [0.15, 0.2) is 36.8 Å². The lowest BCUT2D eigenvalue weighted by molar-refractivity contribution is 0.902. The Morgan fingerprint density at radius 1 is 1.06 bits per heavy atom. The van der Waals surface area contributed by atoms with E-state index >= 15 is 0 Å². The van der Waals surface area contributed by atoms with Gasteiger partial charge in [-0.2, -0.15) is 0 Å². The molecule has 0 aliphatic rings. The maximum atomic E-state index is 5.87. The minimum Gasteiger partial charge on any atom is -0.399 e. The van der Waals surface area contributed by atoms with E-state index in [0.717, 1.165) is 29.8 Å². The van der Waals surface area contributed by atoms with Crippen LogP contribution in [-0.4, -0.2) is 9.97 Å². The van der Waals surface area contributed by atoms with E-state index in [2.05, 4.69) is 9.97 Å². The van der Waals surface area contributed by atoms with E-state index in [4.69, 9.17) is 11.5 Å². The Labute approximate surface area is 94.3 Å². The number of hydrogen-bond donors (Lipinski definition) is 2. The van der Waals surface area contributed by atoms with Crippen molar-refractivity contribution in [3.05, 3.63) is 48.0 Å². The Kier molecular flexibility index (Phi) is 3.00. The second-order valence-corrected chi connectivity index (χ2v) is 3.66. The Hall–Kier alpha value is -2.10. The highest BCUT2D eigenvalue weighted by Crippen LogP contribution is 2.17. The third-order valence-electron chi connectivity index (χ3n) is 2.46. The van der Waals surface area contributed by atoms with Gasteiger partial charge in [0.15, 0.2) is 0 Å². The molecule has 0 radical (unpaired) electrons. The third-order valence-corrected chi connectivity index (χ3v) is 2.46. The van der Waals surface area contributed by atoms with Gasteiger partial charge in [-0.05, 0) is 36.6 Å². The summed E-state index contributed by atoms with van der Waals surface area (Å²) in [5.74, 6) is 0. The first-order valence-electron chi connectivity index (χ1n) is 5.14. The number of aromatic nitrogens is 2. The van der Waals surface area contributed by atoms with Gasteiger partial charge in [-0.1, -0.05) is 6.07 Å². The summed E-state index contributed by atoms with van der Waals surface area (Å²) < 4.78 is 0. The van der Waals surface area contributed by atoms with Gasteiger partial charge in [0.2, 0.25) is 0 Å². The molecule has 0 amide bonds. The Bertz CT molecular complexity index is 468. The molecule has 0 saturated heterocycles. The zero-order chi connectivity index (χ0) is 11.4. The lowest BCUT2D eigenvalue weighted by Gasteiger charge is -2.05. The van der Waals surface area contributed by atoms with Crippen LogP contribution in [0, 0.1) is 0 Å². The fourth-order valence-electron chi connectivity index (χ4n) is 1.57. The summed E-state index contributed by atoms with van der Waals surface area (Å²) >= 11 is 0. The zero-order valence-corrected chi connectivity index (χ0v) is 8.93. The molecule has 4 N–H and O–H groups in total. The topological polar surface area (TPSA) is 77.8 Å². The summed E-state index contributed by atoms with van der Waals surface area (Å²) in [6.07, 6.45) is 5.02. The molecule has 4 nitrogen and oxygen atoms in total. The quantitative estimate of drug-likeness (QED) is 0.757. The summed E-state index contributed by atoms with van der Waals surface area (Å²) in [6, 6.07) is 7.53. The number of nitrogen functional groups attached to an aromatic ring is 2. The van der Waals surface area contributed by atoms with Crippen molar-refractivity contribution in [1.82, 2.24) is 9.97 Å². The molecule has 0 fully saturated rings. The number of anilines is 2. The van der Waals surface area contributed by atoms with E-state index in [1.165, 1.54) is 0 Å². The van der Waals surface area contributed by atoms with Gasteiger partial charge in [0, 0.05) is 23.3 Å². The normalized spacial score (nSPS) is 10.2. The largest absolute Gasteiger partial charge is 0.399 e. The van der Waals surface area contributed by atoms with Crippen molar-refractivity contribution in [2.45, 2.75) is 12.8 Å². The van der Waals surface area contributed by atoms with Crippen molar-refractivity contribution in [2.75, 3.05) is 11.5 Å². The van der Waals surface area contributed by atoms with Gasteiger partial charge in [0.05, 0.1) is 0 Å². The molecule has 2 aromatic rings. The smallest absolute Gasteiger partial charge is 0.115 e. The maximum Gasteiger partial charge on any atom is 0.115 e. The summed E-state index contributed by atoms with van der Waals surface area (Å²) in [7, 11) is 0. The highest BCUT2D eigenvalue weighted by molar-refractivity contribution is 5.56. The average molecular weight is 214 g/mol. The number of benzene rings is 1. The summed E-state index contributed by atoms with van der Waals surface area (Å²) in [5, 5.41) is 0. The van der Waals surface area contributed by atoms with E-state index < -0.39 is 0 Å². The maximum absolute atomic E-state index is 5.87. The van der Waals surface area contributed by atoms with Crippen LogP contribution in [0.4, 0.5) is 11.4 Å². The van der Waals surface area contributed by atoms with E-state index in [1.54, 1.807) is 18.6 Å². The third kappa shape index (κ3) is 2.48. The van der Waals surface area contributed by atoms with Gasteiger partial charge in [0.25, 0.3) is 0 Å². The van der Waals surface area contributed by atoms with E-state index in [-0.39, 0.29) is 0 Å². The highest BCUT2D eigenvalue weighted by Gasteiger charge is 2.01. The minimum atomic E-state index is 0.697. The van der Waals surface area contributed by atoms with Crippen LogP contribution >= 0.6 is 0 Å². The van der Waals surface area contributed by atoms with Crippen LogP contribution in [0.2, 0.25) is 0 Å². The molecule has 0 spiro atoms. The average Bonchev–Trinajstić information content (AvgIpc) is 2.29.